The number of methoxy groups -OCH3 is 1. The zero-order valence-electron chi connectivity index (χ0n) is 21.3. The highest BCUT2D eigenvalue weighted by molar-refractivity contribution is 5.83. The van der Waals surface area contributed by atoms with E-state index in [1.54, 1.807) is 19.4 Å². The fraction of sp³-hybridized carbons (Fsp3) is 0.467. The molecular formula is C30H37FN2O3. The van der Waals surface area contributed by atoms with Gasteiger partial charge in [-0.3, -0.25) is 9.78 Å². The lowest BCUT2D eigenvalue weighted by molar-refractivity contribution is -0.139. The van der Waals surface area contributed by atoms with Crippen LogP contribution in [0, 0.1) is 18.8 Å². The fourth-order valence-corrected chi connectivity index (χ4v) is 5.64. The van der Waals surface area contributed by atoms with E-state index in [-0.39, 0.29) is 18.3 Å². The van der Waals surface area contributed by atoms with Crippen LogP contribution in [0.5, 0.6) is 5.75 Å². The Morgan fingerprint density at radius 1 is 1.22 bits per heavy atom. The molecule has 3 atom stereocenters. The highest BCUT2D eigenvalue weighted by atomic mass is 19.1. The van der Waals surface area contributed by atoms with Crippen LogP contribution in [0.2, 0.25) is 0 Å². The Morgan fingerprint density at radius 2 is 2.06 bits per heavy atom. The van der Waals surface area contributed by atoms with Gasteiger partial charge in [0.2, 0.25) is 0 Å². The second-order valence-electron chi connectivity index (χ2n) is 10.1. The summed E-state index contributed by atoms with van der Waals surface area (Å²) in [5.74, 6) is 0.182. The first-order chi connectivity index (χ1) is 17.4. The van der Waals surface area contributed by atoms with Crippen LogP contribution >= 0.6 is 0 Å². The number of piperidine rings is 1. The molecule has 1 aromatic heterocycles. The van der Waals surface area contributed by atoms with Crippen molar-refractivity contribution in [2.45, 2.75) is 51.6 Å². The zero-order valence-corrected chi connectivity index (χ0v) is 21.3. The van der Waals surface area contributed by atoms with E-state index in [1.165, 1.54) is 11.1 Å². The monoisotopic (exact) mass is 492 g/mol. The number of fused-ring (bicyclic) bond motifs is 1. The summed E-state index contributed by atoms with van der Waals surface area (Å²) >= 11 is 0. The van der Waals surface area contributed by atoms with E-state index in [0.717, 1.165) is 49.8 Å². The van der Waals surface area contributed by atoms with Gasteiger partial charge in [-0.15, -0.1) is 0 Å². The molecule has 0 spiro atoms. The molecule has 1 aliphatic rings. The molecule has 1 saturated heterocycles. The summed E-state index contributed by atoms with van der Waals surface area (Å²) in [7, 11) is 1.60. The highest BCUT2D eigenvalue weighted by Gasteiger charge is 2.31. The maximum atomic E-state index is 15.5. The third kappa shape index (κ3) is 6.61. The summed E-state index contributed by atoms with van der Waals surface area (Å²) in [5.41, 5.74) is 4.08. The number of rotatable bonds is 11. The van der Waals surface area contributed by atoms with Crippen LogP contribution in [0.25, 0.3) is 10.9 Å². The molecule has 0 bridgehead atoms. The van der Waals surface area contributed by atoms with Gasteiger partial charge < -0.3 is 14.7 Å². The predicted octanol–water partition coefficient (Wildman–Crippen LogP) is 6.39. The van der Waals surface area contributed by atoms with Crippen LogP contribution in [-0.4, -0.2) is 47.7 Å². The lowest BCUT2D eigenvalue weighted by Gasteiger charge is -2.38. The third-order valence-electron chi connectivity index (χ3n) is 7.70. The van der Waals surface area contributed by atoms with Gasteiger partial charge in [0, 0.05) is 24.5 Å². The molecule has 0 unspecified atom stereocenters. The van der Waals surface area contributed by atoms with Crippen molar-refractivity contribution >= 4 is 16.9 Å². The van der Waals surface area contributed by atoms with Crippen molar-refractivity contribution in [3.63, 3.8) is 0 Å². The number of carboxylic acids is 1. The molecule has 0 radical (unpaired) electrons. The molecule has 4 rings (SSSR count). The molecule has 2 aromatic carbocycles. The van der Waals surface area contributed by atoms with Gasteiger partial charge in [-0.05, 0) is 105 Å². The van der Waals surface area contributed by atoms with E-state index in [4.69, 9.17) is 4.74 Å². The summed E-state index contributed by atoms with van der Waals surface area (Å²) in [6.07, 6.45) is 4.74. The van der Waals surface area contributed by atoms with Crippen molar-refractivity contribution in [2.24, 2.45) is 11.8 Å². The van der Waals surface area contributed by atoms with Crippen LogP contribution in [0.3, 0.4) is 0 Å². The molecule has 0 aliphatic carbocycles. The van der Waals surface area contributed by atoms with Gasteiger partial charge in [0.1, 0.15) is 11.9 Å². The van der Waals surface area contributed by atoms with E-state index < -0.39 is 12.1 Å². The first-order valence-electron chi connectivity index (χ1n) is 13.0. The average Bonchev–Trinajstić information content (AvgIpc) is 2.88. The number of aryl methyl sites for hydroxylation is 2. The maximum absolute atomic E-state index is 15.5. The highest BCUT2D eigenvalue weighted by Crippen LogP contribution is 2.36. The number of nitrogens with zero attached hydrogens (tertiary/aromatic N) is 2. The number of halogens is 1. The summed E-state index contributed by atoms with van der Waals surface area (Å²) < 4.78 is 20.8. The molecule has 36 heavy (non-hydrogen) atoms. The van der Waals surface area contributed by atoms with Crippen molar-refractivity contribution < 1.29 is 19.0 Å². The van der Waals surface area contributed by atoms with Gasteiger partial charge in [-0.1, -0.05) is 24.3 Å². The first-order valence-corrected chi connectivity index (χ1v) is 13.0. The number of carboxylic acid groups (broad SMARTS) is 1. The first kappa shape index (κ1) is 26.1. The van der Waals surface area contributed by atoms with Crippen LogP contribution in [0.4, 0.5) is 4.39 Å². The quantitative estimate of drug-likeness (QED) is 0.336. The second kappa shape index (κ2) is 12.3. The summed E-state index contributed by atoms with van der Waals surface area (Å²) in [6, 6.07) is 15.7. The number of benzene rings is 2. The van der Waals surface area contributed by atoms with Gasteiger partial charge in [0.15, 0.2) is 0 Å². The largest absolute Gasteiger partial charge is 0.497 e. The van der Waals surface area contributed by atoms with Gasteiger partial charge in [-0.2, -0.15) is 0 Å². The van der Waals surface area contributed by atoms with Crippen LogP contribution in [-0.2, 0) is 11.2 Å². The zero-order chi connectivity index (χ0) is 25.5. The van der Waals surface area contributed by atoms with Gasteiger partial charge in [0.05, 0.1) is 12.6 Å². The molecule has 3 aromatic rings. The number of alkyl halides is 1. The number of ether oxygens (including phenoxy) is 1. The van der Waals surface area contributed by atoms with Gasteiger partial charge in [0.25, 0.3) is 0 Å². The van der Waals surface area contributed by atoms with E-state index in [0.29, 0.717) is 24.2 Å². The Labute approximate surface area is 213 Å². The van der Waals surface area contributed by atoms with Crippen molar-refractivity contribution in [2.75, 3.05) is 26.7 Å². The number of likely N-dealkylation sites (tertiary alicyclic amines) is 1. The molecule has 1 fully saturated rings. The van der Waals surface area contributed by atoms with Gasteiger partial charge in [-0.25, -0.2) is 4.39 Å². The minimum Gasteiger partial charge on any atom is -0.497 e. The van der Waals surface area contributed by atoms with Crippen molar-refractivity contribution in [3.8, 4) is 5.75 Å². The molecule has 2 heterocycles. The van der Waals surface area contributed by atoms with Crippen LogP contribution in [0.1, 0.15) is 55.0 Å². The molecule has 5 nitrogen and oxygen atoms in total. The minimum atomic E-state index is -1.12. The van der Waals surface area contributed by atoms with Crippen LogP contribution in [0.15, 0.2) is 54.7 Å². The molecule has 0 saturated carbocycles. The Balaban J connectivity index is 1.35. The lowest BCUT2D eigenvalue weighted by Crippen LogP contribution is -2.42. The number of carbonyl (C=O) groups is 1. The van der Waals surface area contributed by atoms with Crippen LogP contribution < -0.4 is 4.74 Å². The predicted molar refractivity (Wildman–Crippen MR) is 141 cm³/mol. The van der Waals surface area contributed by atoms with E-state index in [9.17, 15) is 9.90 Å². The van der Waals surface area contributed by atoms with E-state index >= 15 is 4.39 Å². The molecular weight excluding hydrogens is 455 g/mol. The topological polar surface area (TPSA) is 62.7 Å². The minimum absolute atomic E-state index is 0.0520. The number of aromatic nitrogens is 1. The van der Waals surface area contributed by atoms with Gasteiger partial charge >= 0.3 is 5.97 Å². The Kier molecular flexibility index (Phi) is 8.92. The number of hydrogen-bond donors (Lipinski definition) is 1. The molecule has 1 N–H and O–H groups in total. The summed E-state index contributed by atoms with van der Waals surface area (Å²) in [4.78, 5) is 18.4. The smallest absolute Gasteiger partial charge is 0.303 e. The van der Waals surface area contributed by atoms with Crippen molar-refractivity contribution in [3.05, 3.63) is 71.4 Å². The maximum Gasteiger partial charge on any atom is 0.303 e. The number of hydrogen-bond acceptors (Lipinski definition) is 4. The molecule has 0 amide bonds. The van der Waals surface area contributed by atoms with E-state index in [1.807, 2.05) is 18.2 Å². The van der Waals surface area contributed by atoms with Crippen molar-refractivity contribution in [1.82, 2.24) is 9.88 Å². The standard InChI is InChI=1S/C30H37FN2O3/c1-21-6-3-4-7-22(21)8-5-16-33-17-14-23(24(20-33)18-30(34)35)9-11-28(31)26-13-15-32-29-12-10-25(36-2)19-27(26)29/h3-4,6-7,10,12-13,15,19,23-24,28H,5,8-9,11,14,16-18,20H2,1-2H3,(H,34,35)/t23-,24+,28-/m1/s1. The Morgan fingerprint density at radius 3 is 2.83 bits per heavy atom. The summed E-state index contributed by atoms with van der Waals surface area (Å²) in [5, 5.41) is 10.3. The normalized spacial score (nSPS) is 19.3. The lowest BCUT2D eigenvalue weighted by atomic mass is 9.79. The second-order valence-corrected chi connectivity index (χ2v) is 10.1. The fourth-order valence-electron chi connectivity index (χ4n) is 5.64. The van der Waals surface area contributed by atoms with E-state index in [2.05, 4.69) is 41.1 Å². The molecule has 192 valence electrons. The average molecular weight is 493 g/mol. The number of pyridine rings is 1. The Hall–Kier alpha value is -2.99. The number of aliphatic carboxylic acids is 1. The molecule has 1 aliphatic heterocycles. The Bertz CT molecular complexity index is 1170. The third-order valence-corrected chi connectivity index (χ3v) is 7.70. The van der Waals surface area contributed by atoms with Crippen molar-refractivity contribution in [1.29, 1.82) is 0 Å². The summed E-state index contributed by atoms with van der Waals surface area (Å²) in [6.45, 7) is 4.83. The SMILES string of the molecule is COc1ccc2nccc([C@H](F)CC[C@@H]3CCN(CCCc4ccccc4C)C[C@@H]3CC(=O)O)c2c1. The molecule has 6 heteroatoms.